The summed E-state index contributed by atoms with van der Waals surface area (Å²) >= 11 is 0. The van der Waals surface area contributed by atoms with Gasteiger partial charge in [0.15, 0.2) is 5.78 Å². The summed E-state index contributed by atoms with van der Waals surface area (Å²) in [5, 5.41) is 12.2. The molecule has 3 aromatic rings. The maximum absolute atomic E-state index is 14.0. The van der Waals surface area contributed by atoms with E-state index < -0.39 is 5.82 Å². The summed E-state index contributed by atoms with van der Waals surface area (Å²) < 4.78 is 14.0. The first-order chi connectivity index (χ1) is 14.4. The van der Waals surface area contributed by atoms with E-state index >= 15 is 0 Å². The monoisotopic (exact) mass is 407 g/mol. The van der Waals surface area contributed by atoms with E-state index in [4.69, 9.17) is 0 Å². The Morgan fingerprint density at radius 2 is 2.03 bits per heavy atom. The van der Waals surface area contributed by atoms with Crippen LogP contribution in [0.1, 0.15) is 40.7 Å². The second-order valence-electron chi connectivity index (χ2n) is 7.49. The molecule has 4 rings (SSSR count). The number of rotatable bonds is 5. The molecule has 0 bridgehead atoms. The van der Waals surface area contributed by atoms with Gasteiger partial charge in [0, 0.05) is 19.3 Å². The Hall–Kier alpha value is -3.49. The molecular formula is C21H22FN7O. The van der Waals surface area contributed by atoms with E-state index in [1.165, 1.54) is 22.5 Å². The Labute approximate surface area is 173 Å². The van der Waals surface area contributed by atoms with Crippen molar-refractivity contribution in [1.29, 1.82) is 0 Å². The lowest BCUT2D eigenvalue weighted by Gasteiger charge is -2.28. The first kappa shape index (κ1) is 19.8. The molecule has 0 radical (unpaired) electrons. The van der Waals surface area contributed by atoms with Crippen LogP contribution in [0, 0.1) is 12.7 Å². The highest BCUT2D eigenvalue weighted by Gasteiger charge is 2.22. The van der Waals surface area contributed by atoms with Crippen molar-refractivity contribution in [2.75, 3.05) is 18.0 Å². The van der Waals surface area contributed by atoms with Crippen molar-refractivity contribution in [3.63, 3.8) is 0 Å². The molecule has 0 spiro atoms. The van der Waals surface area contributed by atoms with Crippen molar-refractivity contribution >= 4 is 17.3 Å². The van der Waals surface area contributed by atoms with E-state index in [9.17, 15) is 9.18 Å². The lowest BCUT2D eigenvalue weighted by Crippen LogP contribution is -2.32. The Bertz CT molecular complexity index is 1120. The summed E-state index contributed by atoms with van der Waals surface area (Å²) in [4.78, 5) is 24.8. The Morgan fingerprint density at radius 3 is 2.70 bits per heavy atom. The number of carbonyl (C=O) groups is 1. The van der Waals surface area contributed by atoms with Crippen molar-refractivity contribution in [2.24, 2.45) is 7.05 Å². The van der Waals surface area contributed by atoms with Crippen molar-refractivity contribution in [3.8, 4) is 0 Å². The summed E-state index contributed by atoms with van der Waals surface area (Å²) in [5.41, 5.74) is 4.39. The molecule has 0 saturated heterocycles. The third kappa shape index (κ3) is 4.10. The lowest BCUT2D eigenvalue weighted by molar-refractivity contribution is 0.0988. The van der Waals surface area contributed by atoms with E-state index in [0.717, 1.165) is 29.8 Å². The second-order valence-corrected chi connectivity index (χ2v) is 7.49. The van der Waals surface area contributed by atoms with E-state index in [2.05, 4.69) is 37.2 Å². The summed E-state index contributed by atoms with van der Waals surface area (Å²) in [6, 6.07) is 4.60. The fourth-order valence-electron chi connectivity index (χ4n) is 3.44. The number of aromatic nitrogens is 6. The number of carbonyl (C=O) groups excluding carboxylic acids is 1. The largest absolute Gasteiger partial charge is 0.333 e. The minimum Gasteiger partial charge on any atom is -0.333 e. The summed E-state index contributed by atoms with van der Waals surface area (Å²) in [6.45, 7) is 5.28. The molecule has 1 aliphatic rings. The van der Waals surface area contributed by atoms with Gasteiger partial charge in [-0.2, -0.15) is 4.80 Å². The summed E-state index contributed by atoms with van der Waals surface area (Å²) in [6.07, 6.45) is 4.11. The zero-order valence-electron chi connectivity index (χ0n) is 17.1. The number of aryl methyl sites for hydroxylation is 2. The van der Waals surface area contributed by atoms with Crippen LogP contribution in [0.25, 0.3) is 5.57 Å². The van der Waals surface area contributed by atoms with Crippen LogP contribution < -0.4 is 4.90 Å². The van der Waals surface area contributed by atoms with E-state index in [1.807, 2.05) is 0 Å². The molecule has 1 aromatic carbocycles. The van der Waals surface area contributed by atoms with Gasteiger partial charge in [0.25, 0.3) is 5.95 Å². The third-order valence-electron chi connectivity index (χ3n) is 5.18. The molecule has 0 aliphatic carbocycles. The second kappa shape index (κ2) is 8.10. The predicted molar refractivity (Wildman–Crippen MR) is 109 cm³/mol. The van der Waals surface area contributed by atoms with Crippen molar-refractivity contribution < 1.29 is 9.18 Å². The molecule has 154 valence electrons. The number of tetrazole rings is 1. The molecule has 1 aliphatic heterocycles. The average molecular weight is 407 g/mol. The molecule has 8 nitrogen and oxygen atoms in total. The number of halogens is 1. The lowest BCUT2D eigenvalue weighted by atomic mass is 9.99. The van der Waals surface area contributed by atoms with Crippen LogP contribution in [0.3, 0.4) is 0 Å². The molecule has 9 heteroatoms. The topological polar surface area (TPSA) is 89.7 Å². The maximum atomic E-state index is 14.0. The molecule has 0 amide bonds. The molecule has 0 N–H and O–H groups in total. The molecule has 0 fully saturated rings. The van der Waals surface area contributed by atoms with Crippen LogP contribution in [-0.2, 0) is 13.5 Å². The van der Waals surface area contributed by atoms with Gasteiger partial charge in [0.05, 0.1) is 36.6 Å². The molecule has 0 saturated carbocycles. The molecule has 0 unspecified atom stereocenters. The van der Waals surface area contributed by atoms with E-state index in [1.54, 1.807) is 32.4 Å². The Balaban J connectivity index is 1.49. The average Bonchev–Trinajstić information content (AvgIpc) is 3.15. The van der Waals surface area contributed by atoms with Gasteiger partial charge in [-0.1, -0.05) is 16.7 Å². The number of hydrogen-bond acceptors (Lipinski definition) is 7. The molecule has 3 heterocycles. The fraction of sp³-hybridized carbons (Fsp3) is 0.333. The SMILES string of the molecule is CC1=C(c2cnc(CC(=O)c3ccc(C)cc3F)cn2)CN(c2nnn(C)n2)CC1. The number of benzene rings is 1. The first-order valence-electron chi connectivity index (χ1n) is 9.69. The summed E-state index contributed by atoms with van der Waals surface area (Å²) in [7, 11) is 1.73. The fourth-order valence-corrected chi connectivity index (χ4v) is 3.44. The standard InChI is InChI=1S/C21H22FN7O/c1-13-4-5-16(18(22)8-13)20(30)9-15-10-24-19(11-23-15)17-12-29(7-6-14(17)2)21-25-27-28(3)26-21/h4-5,8,10-11H,6-7,9,12H2,1-3H3. The van der Waals surface area contributed by atoms with Crippen LogP contribution in [0.2, 0.25) is 0 Å². The highest BCUT2D eigenvalue weighted by molar-refractivity contribution is 5.97. The van der Waals surface area contributed by atoms with Crippen LogP contribution in [0.4, 0.5) is 10.3 Å². The van der Waals surface area contributed by atoms with Gasteiger partial charge in [0.1, 0.15) is 5.82 Å². The van der Waals surface area contributed by atoms with E-state index in [0.29, 0.717) is 18.2 Å². The molecule has 2 aromatic heterocycles. The van der Waals surface area contributed by atoms with Crippen LogP contribution in [-0.4, -0.2) is 49.0 Å². The van der Waals surface area contributed by atoms with Crippen molar-refractivity contribution in [2.45, 2.75) is 26.7 Å². The first-order valence-corrected chi connectivity index (χ1v) is 9.69. The van der Waals surface area contributed by atoms with Crippen LogP contribution >= 0.6 is 0 Å². The molecular weight excluding hydrogens is 385 g/mol. The van der Waals surface area contributed by atoms with Gasteiger partial charge in [-0.3, -0.25) is 14.8 Å². The van der Waals surface area contributed by atoms with Crippen molar-refractivity contribution in [1.82, 2.24) is 30.2 Å². The Kier molecular flexibility index (Phi) is 5.35. The highest BCUT2D eigenvalue weighted by atomic mass is 19.1. The van der Waals surface area contributed by atoms with Crippen molar-refractivity contribution in [3.05, 3.63) is 64.5 Å². The predicted octanol–water partition coefficient (Wildman–Crippen LogP) is 2.56. The van der Waals surface area contributed by atoms with Gasteiger partial charge in [0.2, 0.25) is 0 Å². The number of ketones is 1. The van der Waals surface area contributed by atoms with Gasteiger partial charge in [-0.25, -0.2) is 4.39 Å². The van der Waals surface area contributed by atoms with Gasteiger partial charge < -0.3 is 4.90 Å². The Morgan fingerprint density at radius 1 is 1.20 bits per heavy atom. The zero-order valence-corrected chi connectivity index (χ0v) is 17.1. The summed E-state index contributed by atoms with van der Waals surface area (Å²) in [5.74, 6) is -0.245. The normalized spacial score (nSPS) is 14.3. The van der Waals surface area contributed by atoms with Gasteiger partial charge in [-0.15, -0.1) is 5.10 Å². The van der Waals surface area contributed by atoms with Gasteiger partial charge in [-0.05, 0) is 48.8 Å². The third-order valence-corrected chi connectivity index (χ3v) is 5.18. The number of Topliss-reactive ketones (excluding diaryl/α,β-unsaturated/α-hetero) is 1. The van der Waals surface area contributed by atoms with Crippen LogP contribution in [0.15, 0.2) is 36.2 Å². The quantitative estimate of drug-likeness (QED) is 0.601. The van der Waals surface area contributed by atoms with Crippen LogP contribution in [0.5, 0.6) is 0 Å². The number of anilines is 1. The zero-order chi connectivity index (χ0) is 21.3. The molecule has 30 heavy (non-hydrogen) atoms. The van der Waals surface area contributed by atoms with Gasteiger partial charge >= 0.3 is 0 Å². The molecule has 0 atom stereocenters. The van der Waals surface area contributed by atoms with E-state index in [-0.39, 0.29) is 17.8 Å². The maximum Gasteiger partial charge on any atom is 0.266 e. The highest BCUT2D eigenvalue weighted by Crippen LogP contribution is 2.26. The number of hydrogen-bond donors (Lipinski definition) is 0. The minimum absolute atomic E-state index is 0.000933. The number of nitrogens with zero attached hydrogens (tertiary/aromatic N) is 7. The minimum atomic E-state index is -0.509. The smallest absolute Gasteiger partial charge is 0.266 e.